The van der Waals surface area contributed by atoms with Gasteiger partial charge >= 0.3 is 6.03 Å². The summed E-state index contributed by atoms with van der Waals surface area (Å²) in [7, 11) is 1.64. The molecule has 1 heterocycles. The van der Waals surface area contributed by atoms with Gasteiger partial charge in [-0.1, -0.05) is 24.3 Å². The van der Waals surface area contributed by atoms with Gasteiger partial charge in [-0.2, -0.15) is 0 Å². The number of carbonyl (C=O) groups excluding carboxylic acids is 1. The van der Waals surface area contributed by atoms with Gasteiger partial charge in [0.1, 0.15) is 5.82 Å². The molecule has 1 aliphatic rings. The quantitative estimate of drug-likeness (QED) is 0.762. The molecule has 3 N–H and O–H groups in total. The van der Waals surface area contributed by atoms with Crippen LogP contribution in [0.5, 0.6) is 0 Å². The molecule has 1 fully saturated rings. The number of rotatable bonds is 4. The SMILES string of the molecule is C=C/C(Cl)=C\C=C(/N)NC(=O)N1CC[C@@H](OC)C1. The Balaban J connectivity index is 2.47. The summed E-state index contributed by atoms with van der Waals surface area (Å²) in [4.78, 5) is 13.5. The highest BCUT2D eigenvalue weighted by atomic mass is 35.5. The summed E-state index contributed by atoms with van der Waals surface area (Å²) in [5.41, 5.74) is 5.65. The minimum Gasteiger partial charge on any atom is -0.385 e. The third-order valence-electron chi connectivity index (χ3n) is 2.63. The summed E-state index contributed by atoms with van der Waals surface area (Å²) < 4.78 is 5.18. The van der Waals surface area contributed by atoms with E-state index in [1.807, 2.05) is 0 Å². The maximum absolute atomic E-state index is 11.8. The molecule has 0 unspecified atom stereocenters. The number of nitrogens with zero attached hydrogens (tertiary/aromatic N) is 1. The van der Waals surface area contributed by atoms with Crippen LogP contribution in [0.2, 0.25) is 0 Å². The first kappa shape index (κ1) is 14.6. The van der Waals surface area contributed by atoms with E-state index in [-0.39, 0.29) is 18.0 Å². The number of likely N-dealkylation sites (tertiary alicyclic amines) is 1. The summed E-state index contributed by atoms with van der Waals surface area (Å²) in [6, 6.07) is -0.230. The van der Waals surface area contributed by atoms with Gasteiger partial charge in [0.25, 0.3) is 0 Å². The van der Waals surface area contributed by atoms with E-state index < -0.39 is 0 Å². The van der Waals surface area contributed by atoms with Crippen molar-refractivity contribution in [3.63, 3.8) is 0 Å². The highest BCUT2D eigenvalue weighted by Crippen LogP contribution is 2.11. The van der Waals surface area contributed by atoms with Crippen molar-refractivity contribution in [2.24, 2.45) is 5.73 Å². The Labute approximate surface area is 112 Å². The van der Waals surface area contributed by atoms with Gasteiger partial charge in [-0.3, -0.25) is 5.32 Å². The summed E-state index contributed by atoms with van der Waals surface area (Å²) in [6.07, 6.45) is 5.51. The number of ether oxygens (including phenoxy) is 1. The van der Waals surface area contributed by atoms with E-state index in [1.165, 1.54) is 12.2 Å². The van der Waals surface area contributed by atoms with Crippen LogP contribution in [0.3, 0.4) is 0 Å². The molecule has 0 aromatic carbocycles. The molecule has 1 atom stereocenters. The fourth-order valence-electron chi connectivity index (χ4n) is 1.59. The van der Waals surface area contributed by atoms with E-state index in [2.05, 4.69) is 11.9 Å². The van der Waals surface area contributed by atoms with Crippen LogP contribution in [0.15, 0.2) is 35.7 Å². The lowest BCUT2D eigenvalue weighted by atomic mass is 10.3. The number of hydrogen-bond donors (Lipinski definition) is 2. The molecule has 0 radical (unpaired) electrons. The van der Waals surface area contributed by atoms with E-state index >= 15 is 0 Å². The summed E-state index contributed by atoms with van der Waals surface area (Å²) in [5, 5.41) is 3.03. The summed E-state index contributed by atoms with van der Waals surface area (Å²) >= 11 is 5.71. The summed E-state index contributed by atoms with van der Waals surface area (Å²) in [5.74, 6) is 0.237. The molecule has 1 rings (SSSR count). The number of carbonyl (C=O) groups is 1. The highest BCUT2D eigenvalue weighted by molar-refractivity contribution is 6.31. The van der Waals surface area contributed by atoms with Crippen LogP contribution in [-0.4, -0.2) is 37.2 Å². The second-order valence-corrected chi connectivity index (χ2v) is 4.34. The second kappa shape index (κ2) is 7.08. The van der Waals surface area contributed by atoms with Crippen molar-refractivity contribution in [2.45, 2.75) is 12.5 Å². The number of urea groups is 1. The van der Waals surface area contributed by atoms with Crippen molar-refractivity contribution in [3.05, 3.63) is 35.7 Å². The van der Waals surface area contributed by atoms with Crippen LogP contribution < -0.4 is 11.1 Å². The Morgan fingerprint density at radius 2 is 2.33 bits per heavy atom. The average Bonchev–Trinajstić information content (AvgIpc) is 2.84. The lowest BCUT2D eigenvalue weighted by molar-refractivity contribution is 0.110. The predicted molar refractivity (Wildman–Crippen MR) is 71.9 cm³/mol. The third-order valence-corrected chi connectivity index (χ3v) is 2.91. The average molecular weight is 272 g/mol. The smallest absolute Gasteiger partial charge is 0.323 e. The van der Waals surface area contributed by atoms with Gasteiger partial charge in [0, 0.05) is 25.2 Å². The molecule has 100 valence electrons. The van der Waals surface area contributed by atoms with Crippen molar-refractivity contribution in [1.29, 1.82) is 0 Å². The van der Waals surface area contributed by atoms with Gasteiger partial charge in [-0.15, -0.1) is 0 Å². The lowest BCUT2D eigenvalue weighted by Gasteiger charge is -2.16. The van der Waals surface area contributed by atoms with Gasteiger partial charge in [-0.05, 0) is 18.6 Å². The standard InChI is InChI=1S/C12H18ClN3O2/c1-3-9(13)4-5-11(14)15-12(17)16-7-6-10(8-16)18-2/h3-5,10H,1,6-8,14H2,2H3,(H,15,17)/b9-4+,11-5+/t10-/m1/s1. The first-order valence-corrected chi connectivity index (χ1v) is 5.98. The Morgan fingerprint density at radius 3 is 2.89 bits per heavy atom. The number of hydrogen-bond acceptors (Lipinski definition) is 3. The largest absolute Gasteiger partial charge is 0.385 e. The second-order valence-electron chi connectivity index (χ2n) is 3.90. The molecule has 2 amide bonds. The number of allylic oxidation sites excluding steroid dienone is 4. The summed E-state index contributed by atoms with van der Waals surface area (Å²) in [6.45, 7) is 4.75. The molecular weight excluding hydrogens is 254 g/mol. The Hall–Kier alpha value is -1.46. The molecule has 1 aliphatic heterocycles. The van der Waals surface area contributed by atoms with Gasteiger partial charge in [0.2, 0.25) is 0 Å². The zero-order valence-electron chi connectivity index (χ0n) is 10.4. The van der Waals surface area contributed by atoms with Crippen LogP contribution >= 0.6 is 11.6 Å². The molecule has 18 heavy (non-hydrogen) atoms. The van der Waals surface area contributed by atoms with Crippen molar-refractivity contribution in [1.82, 2.24) is 10.2 Å². The number of nitrogens with one attached hydrogen (secondary N) is 1. The number of halogens is 1. The van der Waals surface area contributed by atoms with E-state index in [0.29, 0.717) is 18.1 Å². The zero-order valence-corrected chi connectivity index (χ0v) is 11.1. The van der Waals surface area contributed by atoms with Gasteiger partial charge in [-0.25, -0.2) is 4.79 Å². The molecular formula is C12H18ClN3O2. The molecule has 0 bridgehead atoms. The van der Waals surface area contributed by atoms with E-state index in [9.17, 15) is 4.79 Å². The molecule has 0 aromatic heterocycles. The van der Waals surface area contributed by atoms with Crippen LogP contribution in [-0.2, 0) is 4.74 Å². The van der Waals surface area contributed by atoms with Gasteiger partial charge in [0.05, 0.1) is 6.10 Å². The topological polar surface area (TPSA) is 67.6 Å². The fourth-order valence-corrected chi connectivity index (χ4v) is 1.65. The normalized spacial score (nSPS) is 21.0. The monoisotopic (exact) mass is 271 g/mol. The first-order valence-electron chi connectivity index (χ1n) is 5.61. The van der Waals surface area contributed by atoms with Gasteiger partial charge in [0.15, 0.2) is 0 Å². The highest BCUT2D eigenvalue weighted by Gasteiger charge is 2.25. The molecule has 0 aliphatic carbocycles. The maximum Gasteiger partial charge on any atom is 0.323 e. The van der Waals surface area contributed by atoms with Crippen LogP contribution in [0.25, 0.3) is 0 Å². The Morgan fingerprint density at radius 1 is 1.61 bits per heavy atom. The number of methoxy groups -OCH3 is 1. The number of amides is 2. The van der Waals surface area contributed by atoms with Crippen molar-refractivity contribution >= 4 is 17.6 Å². The fraction of sp³-hybridized carbons (Fsp3) is 0.417. The Kier molecular flexibility index (Phi) is 5.74. The minimum atomic E-state index is -0.230. The molecule has 5 nitrogen and oxygen atoms in total. The molecule has 0 saturated carbocycles. The minimum absolute atomic E-state index is 0.107. The van der Waals surface area contributed by atoms with Gasteiger partial charge < -0.3 is 15.4 Å². The van der Waals surface area contributed by atoms with E-state index in [0.717, 1.165) is 6.42 Å². The predicted octanol–water partition coefficient (Wildman–Crippen LogP) is 1.53. The Bertz CT molecular complexity index is 380. The molecule has 0 aromatic rings. The van der Waals surface area contributed by atoms with Crippen LogP contribution in [0, 0.1) is 0 Å². The number of nitrogens with two attached hydrogens (primary N) is 1. The van der Waals surface area contributed by atoms with Crippen LogP contribution in [0.1, 0.15) is 6.42 Å². The molecule has 0 spiro atoms. The van der Waals surface area contributed by atoms with Crippen molar-refractivity contribution in [3.8, 4) is 0 Å². The van der Waals surface area contributed by atoms with Crippen LogP contribution in [0.4, 0.5) is 4.79 Å². The van der Waals surface area contributed by atoms with E-state index in [4.69, 9.17) is 22.1 Å². The third kappa shape index (κ3) is 4.43. The van der Waals surface area contributed by atoms with Crippen molar-refractivity contribution in [2.75, 3.05) is 20.2 Å². The molecule has 1 saturated heterocycles. The first-order chi connectivity index (χ1) is 8.56. The molecule has 6 heteroatoms. The van der Waals surface area contributed by atoms with Crippen molar-refractivity contribution < 1.29 is 9.53 Å². The lowest BCUT2D eigenvalue weighted by Crippen LogP contribution is -2.40. The van der Waals surface area contributed by atoms with E-state index in [1.54, 1.807) is 18.1 Å². The maximum atomic E-state index is 11.8. The zero-order chi connectivity index (χ0) is 13.5.